The van der Waals surface area contributed by atoms with Crippen LogP contribution in [-0.2, 0) is 11.3 Å². The number of unbranched alkanes of at least 4 members (excludes halogenated alkanes) is 1. The Hall–Kier alpha value is -2.35. The molecule has 0 saturated heterocycles. The molecule has 0 N–H and O–H groups in total. The van der Waals surface area contributed by atoms with E-state index in [2.05, 4.69) is 10.1 Å². The third-order valence-corrected chi connectivity index (χ3v) is 5.34. The largest absolute Gasteiger partial charge is 0.286 e. The van der Waals surface area contributed by atoms with Crippen LogP contribution in [0.4, 0.5) is 13.9 Å². The van der Waals surface area contributed by atoms with Gasteiger partial charge in [-0.2, -0.15) is 5.10 Å². The highest BCUT2D eigenvalue weighted by molar-refractivity contribution is 7.22. The van der Waals surface area contributed by atoms with Gasteiger partial charge in [-0.3, -0.25) is 14.4 Å². The average Bonchev–Trinajstić information content (AvgIpc) is 3.16. The number of carbonyl (C=O) groups excluding carboxylic acids is 1. The maximum Gasteiger partial charge on any atom is 0.228 e. The van der Waals surface area contributed by atoms with Crippen LogP contribution in [0.5, 0.6) is 0 Å². The Labute approximate surface area is 160 Å². The van der Waals surface area contributed by atoms with Crippen LogP contribution in [0.2, 0.25) is 0 Å². The first kappa shape index (κ1) is 19.4. The molecule has 0 aliphatic carbocycles. The van der Waals surface area contributed by atoms with Crippen molar-refractivity contribution >= 4 is 32.6 Å². The van der Waals surface area contributed by atoms with E-state index in [0.717, 1.165) is 41.6 Å². The van der Waals surface area contributed by atoms with Gasteiger partial charge in [0.2, 0.25) is 5.91 Å². The van der Waals surface area contributed by atoms with Crippen molar-refractivity contribution in [1.29, 1.82) is 0 Å². The fourth-order valence-corrected chi connectivity index (χ4v) is 4.00. The summed E-state index contributed by atoms with van der Waals surface area (Å²) in [4.78, 5) is 18.6. The molecular formula is C19H22F2N4OS. The first-order valence-electron chi connectivity index (χ1n) is 8.96. The number of carbonyl (C=O) groups is 1. The van der Waals surface area contributed by atoms with Gasteiger partial charge in [0.05, 0.1) is 16.9 Å². The van der Waals surface area contributed by atoms with Crippen molar-refractivity contribution in [1.82, 2.24) is 14.8 Å². The van der Waals surface area contributed by atoms with Crippen LogP contribution in [0.3, 0.4) is 0 Å². The second-order valence-electron chi connectivity index (χ2n) is 6.53. The van der Waals surface area contributed by atoms with Gasteiger partial charge in [-0.05, 0) is 32.4 Å². The molecule has 0 saturated carbocycles. The van der Waals surface area contributed by atoms with Crippen molar-refractivity contribution in [3.63, 3.8) is 0 Å². The summed E-state index contributed by atoms with van der Waals surface area (Å²) in [7, 11) is 0. The molecule has 0 radical (unpaired) electrons. The topological polar surface area (TPSA) is 51.0 Å². The molecule has 0 aliphatic heterocycles. The number of amides is 1. The van der Waals surface area contributed by atoms with E-state index in [0.29, 0.717) is 29.3 Å². The summed E-state index contributed by atoms with van der Waals surface area (Å²) in [6.45, 7) is 6.76. The number of benzene rings is 1. The molecular weight excluding hydrogens is 370 g/mol. The molecule has 0 aliphatic rings. The van der Waals surface area contributed by atoms with E-state index in [1.54, 1.807) is 4.90 Å². The van der Waals surface area contributed by atoms with Crippen LogP contribution in [0.1, 0.15) is 37.6 Å². The summed E-state index contributed by atoms with van der Waals surface area (Å²) < 4.78 is 29.7. The Kier molecular flexibility index (Phi) is 5.84. The molecule has 1 aromatic carbocycles. The number of aromatic nitrogens is 3. The number of hydrogen-bond donors (Lipinski definition) is 0. The van der Waals surface area contributed by atoms with Gasteiger partial charge in [-0.1, -0.05) is 24.7 Å². The van der Waals surface area contributed by atoms with Crippen molar-refractivity contribution in [2.45, 2.75) is 46.6 Å². The molecule has 27 heavy (non-hydrogen) atoms. The van der Waals surface area contributed by atoms with Gasteiger partial charge in [0.25, 0.3) is 0 Å². The normalized spacial score (nSPS) is 11.3. The lowest BCUT2D eigenvalue weighted by molar-refractivity contribution is -0.118. The van der Waals surface area contributed by atoms with Crippen molar-refractivity contribution < 1.29 is 13.6 Å². The van der Waals surface area contributed by atoms with Gasteiger partial charge in [-0.25, -0.2) is 13.8 Å². The van der Waals surface area contributed by atoms with Crippen molar-refractivity contribution in [3.8, 4) is 0 Å². The van der Waals surface area contributed by atoms with Gasteiger partial charge < -0.3 is 0 Å². The Morgan fingerprint density at radius 3 is 2.70 bits per heavy atom. The van der Waals surface area contributed by atoms with E-state index in [4.69, 9.17) is 0 Å². The summed E-state index contributed by atoms with van der Waals surface area (Å²) in [5.41, 5.74) is 2.01. The monoisotopic (exact) mass is 392 g/mol. The lowest BCUT2D eigenvalue weighted by atomic mass is 10.2. The van der Waals surface area contributed by atoms with Crippen LogP contribution in [0.15, 0.2) is 18.2 Å². The minimum atomic E-state index is -0.716. The van der Waals surface area contributed by atoms with Crippen LogP contribution in [-0.4, -0.2) is 27.2 Å². The number of anilines is 1. The zero-order valence-corrected chi connectivity index (χ0v) is 16.4. The van der Waals surface area contributed by atoms with E-state index in [1.165, 1.54) is 6.07 Å². The Morgan fingerprint density at radius 1 is 1.26 bits per heavy atom. The minimum Gasteiger partial charge on any atom is -0.286 e. The highest BCUT2D eigenvalue weighted by Crippen LogP contribution is 2.31. The predicted octanol–water partition coefficient (Wildman–Crippen LogP) is 4.61. The molecule has 3 aromatic rings. The minimum absolute atomic E-state index is 0.0710. The SMILES string of the molecule is CCCCC(=O)N(CCn1nc(C)cc1C)c1nc2c(F)cc(F)cc2s1. The molecule has 5 nitrogen and oxygen atoms in total. The molecule has 0 atom stereocenters. The quantitative estimate of drug-likeness (QED) is 0.590. The molecule has 2 aromatic heterocycles. The fourth-order valence-electron chi connectivity index (χ4n) is 2.95. The zero-order valence-electron chi connectivity index (χ0n) is 15.6. The average molecular weight is 392 g/mol. The van der Waals surface area contributed by atoms with Crippen LogP contribution < -0.4 is 4.90 Å². The molecule has 8 heteroatoms. The maximum absolute atomic E-state index is 14.0. The van der Waals surface area contributed by atoms with E-state index in [-0.39, 0.29) is 11.4 Å². The number of halogens is 2. The number of fused-ring (bicyclic) bond motifs is 1. The molecule has 3 rings (SSSR count). The first-order chi connectivity index (χ1) is 12.9. The zero-order chi connectivity index (χ0) is 19.6. The molecule has 0 bridgehead atoms. The number of rotatable bonds is 7. The Balaban J connectivity index is 1.90. The Morgan fingerprint density at radius 2 is 2.04 bits per heavy atom. The van der Waals surface area contributed by atoms with Crippen molar-refractivity contribution in [3.05, 3.63) is 41.2 Å². The lowest BCUT2D eigenvalue weighted by Crippen LogP contribution is -2.34. The van der Waals surface area contributed by atoms with Crippen molar-refractivity contribution in [2.24, 2.45) is 0 Å². The summed E-state index contributed by atoms with van der Waals surface area (Å²) in [6.07, 6.45) is 2.06. The summed E-state index contributed by atoms with van der Waals surface area (Å²) in [5.74, 6) is -1.44. The van der Waals surface area contributed by atoms with E-state index in [1.807, 2.05) is 31.5 Å². The first-order valence-corrected chi connectivity index (χ1v) is 9.77. The fraction of sp³-hybridized carbons (Fsp3) is 0.421. The molecule has 144 valence electrons. The van der Waals surface area contributed by atoms with Gasteiger partial charge in [0.15, 0.2) is 10.9 Å². The van der Waals surface area contributed by atoms with Crippen LogP contribution in [0, 0.1) is 25.5 Å². The Bertz CT molecular complexity index is 966. The molecule has 0 spiro atoms. The van der Waals surface area contributed by atoms with Gasteiger partial charge in [0.1, 0.15) is 11.3 Å². The second-order valence-corrected chi connectivity index (χ2v) is 7.54. The number of hydrogen-bond acceptors (Lipinski definition) is 4. The summed E-state index contributed by atoms with van der Waals surface area (Å²) in [5, 5.41) is 4.80. The molecule has 1 amide bonds. The summed E-state index contributed by atoms with van der Waals surface area (Å²) in [6, 6.07) is 4.03. The second kappa shape index (κ2) is 8.12. The highest BCUT2D eigenvalue weighted by Gasteiger charge is 2.21. The van der Waals surface area contributed by atoms with Crippen LogP contribution in [0.25, 0.3) is 10.2 Å². The summed E-state index contributed by atoms with van der Waals surface area (Å²) >= 11 is 1.12. The van der Waals surface area contributed by atoms with Gasteiger partial charge in [-0.15, -0.1) is 0 Å². The number of aryl methyl sites for hydroxylation is 2. The van der Waals surface area contributed by atoms with Crippen LogP contribution >= 0.6 is 11.3 Å². The van der Waals surface area contributed by atoms with E-state index < -0.39 is 11.6 Å². The standard InChI is InChI=1S/C19H22F2N4OS/c1-4-5-6-17(26)24(7-8-25-13(3)9-12(2)23-25)19-22-18-15(21)10-14(20)11-16(18)27-19/h9-11H,4-8H2,1-3H3. The maximum atomic E-state index is 14.0. The third-order valence-electron chi connectivity index (χ3n) is 4.32. The van der Waals surface area contributed by atoms with Gasteiger partial charge >= 0.3 is 0 Å². The smallest absolute Gasteiger partial charge is 0.228 e. The number of thiazole rings is 1. The third kappa shape index (κ3) is 4.32. The van der Waals surface area contributed by atoms with E-state index in [9.17, 15) is 13.6 Å². The van der Waals surface area contributed by atoms with Gasteiger partial charge in [0, 0.05) is 24.7 Å². The predicted molar refractivity (Wildman–Crippen MR) is 103 cm³/mol. The van der Waals surface area contributed by atoms with Crippen molar-refractivity contribution in [2.75, 3.05) is 11.4 Å². The highest BCUT2D eigenvalue weighted by atomic mass is 32.1. The molecule has 2 heterocycles. The lowest BCUT2D eigenvalue weighted by Gasteiger charge is -2.20. The number of nitrogens with zero attached hydrogens (tertiary/aromatic N) is 4. The molecule has 0 fully saturated rings. The molecule has 0 unspecified atom stereocenters. The van der Waals surface area contributed by atoms with E-state index >= 15 is 0 Å².